The van der Waals surface area contributed by atoms with E-state index in [4.69, 9.17) is 0 Å². The number of aromatic nitrogens is 3. The maximum Gasteiger partial charge on any atom is 0.276 e. The van der Waals surface area contributed by atoms with Crippen molar-refractivity contribution in [3.05, 3.63) is 54.4 Å². The summed E-state index contributed by atoms with van der Waals surface area (Å²) in [7, 11) is -2.16. The molecular weight excluding hydrogens is 288 g/mol. The zero-order chi connectivity index (χ0) is 14.9. The molecule has 1 aromatic carbocycles. The summed E-state index contributed by atoms with van der Waals surface area (Å²) >= 11 is 0. The van der Waals surface area contributed by atoms with Gasteiger partial charge in [-0.05, 0) is 24.3 Å². The second kappa shape index (κ2) is 5.27. The number of benzene rings is 1. The number of hydrogen-bond acceptors (Lipinski definition) is 4. The molecule has 0 bridgehead atoms. The summed E-state index contributed by atoms with van der Waals surface area (Å²) in [5.74, 6) is 0. The Morgan fingerprint density at radius 1 is 1.14 bits per heavy atom. The van der Waals surface area contributed by atoms with Crippen LogP contribution in [0.2, 0.25) is 0 Å². The topological polar surface area (TPSA) is 79.0 Å². The van der Waals surface area contributed by atoms with Crippen LogP contribution in [0.3, 0.4) is 0 Å². The number of fused-ring (bicyclic) bond motifs is 1. The summed E-state index contributed by atoms with van der Waals surface area (Å²) in [6.07, 6.45) is 1.64. The van der Waals surface area contributed by atoms with Gasteiger partial charge < -0.3 is 4.98 Å². The lowest BCUT2D eigenvalue weighted by Gasteiger charge is -2.14. The number of imidazole rings is 1. The first-order valence-electron chi connectivity index (χ1n) is 6.38. The molecule has 6 nitrogen and oxygen atoms in total. The average molecular weight is 302 g/mol. The molecule has 1 N–H and O–H groups in total. The molecule has 0 aliphatic rings. The molecule has 3 aromatic rings. The maximum absolute atomic E-state index is 12.5. The summed E-state index contributed by atoms with van der Waals surface area (Å²) in [4.78, 5) is 11.1. The Morgan fingerprint density at radius 3 is 2.62 bits per heavy atom. The van der Waals surface area contributed by atoms with Gasteiger partial charge in [-0.25, -0.2) is 13.4 Å². The van der Waals surface area contributed by atoms with Crippen molar-refractivity contribution in [3.8, 4) is 0 Å². The van der Waals surface area contributed by atoms with E-state index in [9.17, 15) is 8.42 Å². The van der Waals surface area contributed by atoms with Crippen LogP contribution in [0, 0.1) is 0 Å². The van der Waals surface area contributed by atoms with E-state index in [-0.39, 0.29) is 11.7 Å². The van der Waals surface area contributed by atoms with Crippen molar-refractivity contribution >= 4 is 21.1 Å². The number of hydrogen-bond donors (Lipinski definition) is 1. The number of sulfonamides is 1. The smallest absolute Gasteiger partial charge is 0.276 e. The van der Waals surface area contributed by atoms with Gasteiger partial charge in [-0.3, -0.25) is 4.98 Å². The lowest BCUT2D eigenvalue weighted by atomic mass is 10.3. The summed E-state index contributed by atoms with van der Waals surface area (Å²) in [6, 6.07) is 12.6. The highest BCUT2D eigenvalue weighted by Crippen LogP contribution is 2.17. The highest BCUT2D eigenvalue weighted by Gasteiger charge is 2.24. The number of pyridine rings is 1. The average Bonchev–Trinajstić information content (AvgIpc) is 2.93. The van der Waals surface area contributed by atoms with Gasteiger partial charge >= 0.3 is 0 Å². The Labute approximate surface area is 122 Å². The minimum Gasteiger partial charge on any atom is -0.328 e. The van der Waals surface area contributed by atoms with Crippen LogP contribution < -0.4 is 0 Å². The number of nitrogens with zero attached hydrogens (tertiary/aromatic N) is 3. The van der Waals surface area contributed by atoms with Crippen molar-refractivity contribution in [3.63, 3.8) is 0 Å². The fraction of sp³-hybridized carbons (Fsp3) is 0.143. The number of rotatable bonds is 4. The minimum absolute atomic E-state index is 0.0536. The third kappa shape index (κ3) is 2.65. The van der Waals surface area contributed by atoms with Gasteiger partial charge in [0.15, 0.2) is 0 Å². The monoisotopic (exact) mass is 302 g/mol. The first kappa shape index (κ1) is 13.7. The SMILES string of the molecule is CN(Cc1ccccn1)S(=O)(=O)c1nc2ccccc2[nH]1. The molecule has 0 aliphatic carbocycles. The Morgan fingerprint density at radius 2 is 1.90 bits per heavy atom. The highest BCUT2D eigenvalue weighted by atomic mass is 32.2. The molecule has 2 heterocycles. The minimum atomic E-state index is -3.67. The number of H-pyrrole nitrogens is 1. The largest absolute Gasteiger partial charge is 0.328 e. The first-order chi connectivity index (χ1) is 10.1. The third-order valence-electron chi connectivity index (χ3n) is 3.13. The van der Waals surface area contributed by atoms with Crippen LogP contribution in [0.5, 0.6) is 0 Å². The lowest BCUT2D eigenvalue weighted by Crippen LogP contribution is -2.27. The van der Waals surface area contributed by atoms with Crippen molar-refractivity contribution < 1.29 is 8.42 Å². The van der Waals surface area contributed by atoms with Crippen molar-refractivity contribution in [1.29, 1.82) is 0 Å². The van der Waals surface area contributed by atoms with E-state index in [1.807, 2.05) is 18.2 Å². The predicted molar refractivity (Wildman–Crippen MR) is 79.0 cm³/mol. The normalized spacial score (nSPS) is 12.1. The van der Waals surface area contributed by atoms with Gasteiger partial charge in [0.05, 0.1) is 23.3 Å². The van der Waals surface area contributed by atoms with E-state index < -0.39 is 10.0 Å². The molecule has 0 spiro atoms. The molecule has 3 rings (SSSR count). The molecule has 0 unspecified atom stereocenters. The molecule has 108 valence electrons. The van der Waals surface area contributed by atoms with Crippen LogP contribution in [0.4, 0.5) is 0 Å². The molecule has 2 aromatic heterocycles. The van der Waals surface area contributed by atoms with Crippen molar-refractivity contribution in [2.24, 2.45) is 0 Å². The van der Waals surface area contributed by atoms with Crippen LogP contribution in [0.25, 0.3) is 11.0 Å². The van der Waals surface area contributed by atoms with Crippen molar-refractivity contribution in [2.45, 2.75) is 11.7 Å². The van der Waals surface area contributed by atoms with E-state index in [2.05, 4.69) is 15.0 Å². The standard InChI is InChI=1S/C14H14N4O2S/c1-18(10-11-6-4-5-9-15-11)21(19,20)14-16-12-7-2-3-8-13(12)17-14/h2-9H,10H2,1H3,(H,16,17). The molecule has 0 atom stereocenters. The van der Waals surface area contributed by atoms with E-state index >= 15 is 0 Å². The van der Waals surface area contributed by atoms with E-state index in [0.29, 0.717) is 16.7 Å². The molecule has 7 heteroatoms. The van der Waals surface area contributed by atoms with Gasteiger partial charge in [0, 0.05) is 13.2 Å². The summed E-state index contributed by atoms with van der Waals surface area (Å²) in [5, 5.41) is -0.0536. The number of para-hydroxylation sites is 2. The van der Waals surface area contributed by atoms with E-state index in [0.717, 1.165) is 0 Å². The van der Waals surface area contributed by atoms with Gasteiger partial charge in [0.1, 0.15) is 0 Å². The van der Waals surface area contributed by atoms with E-state index in [1.54, 1.807) is 30.5 Å². The van der Waals surface area contributed by atoms with Gasteiger partial charge in [-0.2, -0.15) is 4.31 Å². The lowest BCUT2D eigenvalue weighted by molar-refractivity contribution is 0.457. The van der Waals surface area contributed by atoms with Crippen LogP contribution in [-0.2, 0) is 16.6 Å². The van der Waals surface area contributed by atoms with Gasteiger partial charge in [0.2, 0.25) is 5.16 Å². The summed E-state index contributed by atoms with van der Waals surface area (Å²) in [6.45, 7) is 0.195. The molecule has 0 radical (unpaired) electrons. The molecule has 0 saturated carbocycles. The fourth-order valence-corrected chi connectivity index (χ4v) is 3.05. The Hall–Kier alpha value is -2.25. The summed E-state index contributed by atoms with van der Waals surface area (Å²) in [5.41, 5.74) is 2.00. The zero-order valence-corrected chi connectivity index (χ0v) is 12.2. The third-order valence-corrected chi connectivity index (χ3v) is 4.76. The Kier molecular flexibility index (Phi) is 3.44. The van der Waals surface area contributed by atoms with E-state index in [1.165, 1.54) is 11.4 Å². The number of aromatic amines is 1. The first-order valence-corrected chi connectivity index (χ1v) is 7.82. The zero-order valence-electron chi connectivity index (χ0n) is 11.4. The Bertz CT molecular complexity index is 826. The second-order valence-electron chi connectivity index (χ2n) is 4.64. The molecule has 0 saturated heterocycles. The van der Waals surface area contributed by atoms with Crippen molar-refractivity contribution in [2.75, 3.05) is 7.05 Å². The summed E-state index contributed by atoms with van der Waals surface area (Å²) < 4.78 is 26.3. The molecule has 21 heavy (non-hydrogen) atoms. The quantitative estimate of drug-likeness (QED) is 0.796. The van der Waals surface area contributed by atoms with Crippen LogP contribution >= 0.6 is 0 Å². The van der Waals surface area contributed by atoms with Gasteiger partial charge in [-0.15, -0.1) is 0 Å². The highest BCUT2D eigenvalue weighted by molar-refractivity contribution is 7.88. The van der Waals surface area contributed by atoms with Gasteiger partial charge in [-0.1, -0.05) is 18.2 Å². The second-order valence-corrected chi connectivity index (χ2v) is 6.60. The van der Waals surface area contributed by atoms with Crippen LogP contribution in [0.1, 0.15) is 5.69 Å². The molecule has 0 aliphatic heterocycles. The number of nitrogens with one attached hydrogen (secondary N) is 1. The van der Waals surface area contributed by atoms with Crippen molar-refractivity contribution in [1.82, 2.24) is 19.3 Å². The van der Waals surface area contributed by atoms with Crippen LogP contribution in [0.15, 0.2) is 53.8 Å². The predicted octanol–water partition coefficient (Wildman–Crippen LogP) is 1.78. The fourth-order valence-electron chi connectivity index (χ4n) is 2.00. The molecule has 0 amide bonds. The molecular formula is C14H14N4O2S. The maximum atomic E-state index is 12.5. The Balaban J connectivity index is 1.92. The molecule has 0 fully saturated rings. The van der Waals surface area contributed by atoms with Crippen LogP contribution in [-0.4, -0.2) is 34.7 Å². The van der Waals surface area contributed by atoms with Gasteiger partial charge in [0.25, 0.3) is 10.0 Å².